The highest BCUT2D eigenvalue weighted by molar-refractivity contribution is 5.42. The first-order chi connectivity index (χ1) is 7.24. The van der Waals surface area contributed by atoms with E-state index in [1.54, 1.807) is 12.1 Å². The normalized spacial score (nSPS) is 10.2. The van der Waals surface area contributed by atoms with Gasteiger partial charge in [0.25, 0.3) is 0 Å². The molecular weight excluding hydrogens is 199 g/mol. The number of rotatable bonds is 3. The van der Waals surface area contributed by atoms with Crippen LogP contribution >= 0.6 is 0 Å². The highest BCUT2D eigenvalue weighted by atomic mass is 19.1. The molecule has 1 heterocycles. The molecule has 2 aromatic rings. The number of benzene rings is 1. The Labute approximate surface area is 84.3 Å². The quantitative estimate of drug-likeness (QED) is 0.700. The van der Waals surface area contributed by atoms with Crippen molar-refractivity contribution in [3.05, 3.63) is 46.4 Å². The van der Waals surface area contributed by atoms with Crippen molar-refractivity contribution in [1.29, 1.82) is 0 Å². The van der Waals surface area contributed by atoms with E-state index >= 15 is 0 Å². The summed E-state index contributed by atoms with van der Waals surface area (Å²) in [6, 6.07) is 5.94. The first kappa shape index (κ1) is 9.45. The summed E-state index contributed by atoms with van der Waals surface area (Å²) in [5.74, 6) is 0.220. The number of nitrogens with one attached hydrogen (secondary N) is 3. The molecule has 0 aliphatic heterocycles. The second-order valence-electron chi connectivity index (χ2n) is 2.98. The number of nitrogens with zero attached hydrogens (tertiary/aromatic N) is 1. The molecule has 0 fully saturated rings. The van der Waals surface area contributed by atoms with Crippen molar-refractivity contribution in [3.8, 4) is 0 Å². The van der Waals surface area contributed by atoms with Gasteiger partial charge < -0.3 is 5.32 Å². The van der Waals surface area contributed by atoms with Crippen molar-refractivity contribution in [1.82, 2.24) is 15.2 Å². The van der Waals surface area contributed by atoms with Gasteiger partial charge in [-0.1, -0.05) is 0 Å². The van der Waals surface area contributed by atoms with Gasteiger partial charge in [-0.2, -0.15) is 5.10 Å². The zero-order valence-corrected chi connectivity index (χ0v) is 7.75. The van der Waals surface area contributed by atoms with E-state index in [4.69, 9.17) is 0 Å². The average molecular weight is 208 g/mol. The highest BCUT2D eigenvalue weighted by Crippen LogP contribution is 2.08. The Morgan fingerprint density at radius 1 is 1.33 bits per heavy atom. The van der Waals surface area contributed by atoms with Gasteiger partial charge in [0, 0.05) is 5.69 Å². The Balaban J connectivity index is 1.99. The average Bonchev–Trinajstić information content (AvgIpc) is 2.64. The molecule has 5 nitrogen and oxygen atoms in total. The van der Waals surface area contributed by atoms with Crippen LogP contribution in [-0.4, -0.2) is 15.2 Å². The number of hydrogen-bond acceptors (Lipinski definition) is 3. The lowest BCUT2D eigenvalue weighted by Gasteiger charge is -2.02. The molecule has 2 rings (SSSR count). The molecule has 0 aliphatic rings. The van der Waals surface area contributed by atoms with Gasteiger partial charge in [-0.15, -0.1) is 0 Å². The minimum Gasteiger partial charge on any atom is -0.378 e. The van der Waals surface area contributed by atoms with Crippen molar-refractivity contribution in [2.45, 2.75) is 6.54 Å². The molecule has 15 heavy (non-hydrogen) atoms. The highest BCUT2D eigenvalue weighted by Gasteiger charge is 1.97. The molecule has 3 N–H and O–H groups in total. The molecule has 0 unspecified atom stereocenters. The molecule has 0 spiro atoms. The summed E-state index contributed by atoms with van der Waals surface area (Å²) in [6.07, 6.45) is 0. The van der Waals surface area contributed by atoms with E-state index in [-0.39, 0.29) is 11.5 Å². The van der Waals surface area contributed by atoms with Gasteiger partial charge in [0.2, 0.25) is 0 Å². The lowest BCUT2D eigenvalue weighted by molar-refractivity contribution is 0.628. The van der Waals surface area contributed by atoms with Crippen LogP contribution in [0, 0.1) is 5.82 Å². The molecular formula is C9H9FN4O. The fourth-order valence-corrected chi connectivity index (χ4v) is 1.14. The van der Waals surface area contributed by atoms with Gasteiger partial charge in [0.15, 0.2) is 0 Å². The van der Waals surface area contributed by atoms with Gasteiger partial charge in [-0.3, -0.25) is 4.98 Å². The molecule has 0 atom stereocenters. The zero-order valence-electron chi connectivity index (χ0n) is 7.75. The SMILES string of the molecule is O=c1[nH]nc(CNc2ccc(F)cc2)[nH]1. The van der Waals surface area contributed by atoms with Crippen LogP contribution in [-0.2, 0) is 6.54 Å². The van der Waals surface area contributed by atoms with Crippen molar-refractivity contribution in [2.75, 3.05) is 5.32 Å². The van der Waals surface area contributed by atoms with Gasteiger partial charge in [0.1, 0.15) is 11.6 Å². The number of hydrogen-bond donors (Lipinski definition) is 3. The number of aromatic nitrogens is 3. The van der Waals surface area contributed by atoms with Crippen LogP contribution in [0.4, 0.5) is 10.1 Å². The van der Waals surface area contributed by atoms with E-state index in [1.165, 1.54) is 12.1 Å². The van der Waals surface area contributed by atoms with Crippen molar-refractivity contribution >= 4 is 5.69 Å². The maximum absolute atomic E-state index is 12.6. The summed E-state index contributed by atoms with van der Waals surface area (Å²) in [5, 5.41) is 8.95. The Kier molecular flexibility index (Phi) is 2.49. The summed E-state index contributed by atoms with van der Waals surface area (Å²) in [6.45, 7) is 0.379. The number of halogens is 1. The van der Waals surface area contributed by atoms with E-state index in [0.29, 0.717) is 12.4 Å². The van der Waals surface area contributed by atoms with E-state index in [0.717, 1.165) is 5.69 Å². The van der Waals surface area contributed by atoms with Gasteiger partial charge in [-0.25, -0.2) is 14.3 Å². The molecule has 6 heteroatoms. The maximum Gasteiger partial charge on any atom is 0.340 e. The third-order valence-electron chi connectivity index (χ3n) is 1.85. The van der Waals surface area contributed by atoms with Crippen molar-refractivity contribution in [3.63, 3.8) is 0 Å². The van der Waals surface area contributed by atoms with Crippen molar-refractivity contribution < 1.29 is 4.39 Å². The molecule has 1 aromatic carbocycles. The Morgan fingerprint density at radius 2 is 2.07 bits per heavy atom. The second kappa shape index (κ2) is 3.95. The molecule has 0 aliphatic carbocycles. The smallest absolute Gasteiger partial charge is 0.340 e. The van der Waals surface area contributed by atoms with Crippen LogP contribution in [0.1, 0.15) is 5.82 Å². The number of aromatic amines is 2. The van der Waals surface area contributed by atoms with Gasteiger partial charge in [0.05, 0.1) is 6.54 Å². The third kappa shape index (κ3) is 2.43. The summed E-state index contributed by atoms with van der Waals surface area (Å²) >= 11 is 0. The lowest BCUT2D eigenvalue weighted by atomic mass is 10.3. The summed E-state index contributed by atoms with van der Waals surface area (Å²) < 4.78 is 12.6. The first-order valence-corrected chi connectivity index (χ1v) is 4.37. The van der Waals surface area contributed by atoms with Crippen LogP contribution in [0.2, 0.25) is 0 Å². The fraction of sp³-hybridized carbons (Fsp3) is 0.111. The molecule has 0 radical (unpaired) electrons. The molecule has 78 valence electrons. The Hall–Kier alpha value is -2.11. The van der Waals surface area contributed by atoms with Gasteiger partial charge in [-0.05, 0) is 24.3 Å². The van der Waals surface area contributed by atoms with E-state index in [1.807, 2.05) is 0 Å². The van der Waals surface area contributed by atoms with E-state index < -0.39 is 0 Å². The number of anilines is 1. The van der Waals surface area contributed by atoms with Crippen molar-refractivity contribution in [2.24, 2.45) is 0 Å². The van der Waals surface area contributed by atoms with Crippen LogP contribution in [0.3, 0.4) is 0 Å². The summed E-state index contributed by atoms with van der Waals surface area (Å²) in [4.78, 5) is 13.2. The number of H-pyrrole nitrogens is 2. The molecule has 0 saturated heterocycles. The van der Waals surface area contributed by atoms with Crippen LogP contribution in [0.5, 0.6) is 0 Å². The minimum absolute atomic E-state index is 0.284. The van der Waals surface area contributed by atoms with Crippen LogP contribution in [0.25, 0.3) is 0 Å². The molecule has 0 amide bonds. The molecule has 0 saturated carbocycles. The van der Waals surface area contributed by atoms with Crippen LogP contribution in [0.15, 0.2) is 29.1 Å². The monoisotopic (exact) mass is 208 g/mol. The van der Waals surface area contributed by atoms with Crippen LogP contribution < -0.4 is 11.0 Å². The molecule has 1 aromatic heterocycles. The predicted octanol–water partition coefficient (Wildman–Crippen LogP) is 0.849. The zero-order chi connectivity index (χ0) is 10.7. The fourth-order valence-electron chi connectivity index (χ4n) is 1.14. The summed E-state index contributed by atoms with van der Waals surface area (Å²) in [7, 11) is 0. The third-order valence-corrected chi connectivity index (χ3v) is 1.85. The van der Waals surface area contributed by atoms with Gasteiger partial charge >= 0.3 is 5.69 Å². The predicted molar refractivity (Wildman–Crippen MR) is 52.9 cm³/mol. The lowest BCUT2D eigenvalue weighted by Crippen LogP contribution is -2.04. The first-order valence-electron chi connectivity index (χ1n) is 4.37. The topological polar surface area (TPSA) is 73.6 Å². The molecule has 0 bridgehead atoms. The van der Waals surface area contributed by atoms with E-state index in [9.17, 15) is 9.18 Å². The minimum atomic E-state index is -0.342. The standard InChI is InChI=1S/C9H9FN4O/c10-6-1-3-7(4-2-6)11-5-8-12-9(15)14-13-8/h1-4,11H,5H2,(H2,12,13,14,15). The Morgan fingerprint density at radius 3 is 2.67 bits per heavy atom. The van der Waals surface area contributed by atoms with E-state index in [2.05, 4.69) is 20.5 Å². The largest absolute Gasteiger partial charge is 0.378 e. The Bertz CT molecular complexity index is 487. The summed E-state index contributed by atoms with van der Waals surface area (Å²) in [5.41, 5.74) is 0.422. The second-order valence-corrected chi connectivity index (χ2v) is 2.98. The maximum atomic E-state index is 12.6.